The second kappa shape index (κ2) is 6.34. The van der Waals surface area contributed by atoms with Crippen LogP contribution < -0.4 is 10.2 Å². The van der Waals surface area contributed by atoms with Crippen molar-refractivity contribution in [3.63, 3.8) is 0 Å². The van der Waals surface area contributed by atoms with Gasteiger partial charge in [-0.15, -0.1) is 0 Å². The molecular weight excluding hydrogens is 360 g/mol. The molecule has 2 aromatic rings. The minimum absolute atomic E-state index is 0.0821. The van der Waals surface area contributed by atoms with E-state index in [1.165, 1.54) is 4.90 Å². The van der Waals surface area contributed by atoms with Crippen molar-refractivity contribution in [3.05, 3.63) is 59.1 Å². The zero-order chi connectivity index (χ0) is 16.4. The van der Waals surface area contributed by atoms with E-state index in [-0.39, 0.29) is 6.54 Å². The Morgan fingerprint density at radius 2 is 1.70 bits per heavy atom. The van der Waals surface area contributed by atoms with E-state index in [1.807, 2.05) is 6.07 Å². The Labute approximate surface area is 141 Å². The molecule has 2 aromatic carbocycles. The van der Waals surface area contributed by atoms with Crippen LogP contribution in [-0.4, -0.2) is 24.1 Å². The zero-order valence-corrected chi connectivity index (χ0v) is 13.6. The van der Waals surface area contributed by atoms with E-state index in [0.29, 0.717) is 11.4 Å². The van der Waals surface area contributed by atoms with E-state index in [2.05, 4.69) is 21.2 Å². The van der Waals surface area contributed by atoms with Crippen LogP contribution in [0.1, 0.15) is 0 Å². The van der Waals surface area contributed by atoms with Crippen molar-refractivity contribution in [2.75, 3.05) is 16.8 Å². The summed E-state index contributed by atoms with van der Waals surface area (Å²) < 4.78 is 0.874. The van der Waals surface area contributed by atoms with Gasteiger partial charge in [0.15, 0.2) is 11.7 Å². The lowest BCUT2D eigenvalue weighted by Crippen LogP contribution is -2.34. The average molecular weight is 373 g/mol. The third-order valence-corrected chi connectivity index (χ3v) is 4.12. The molecule has 0 aromatic heterocycles. The maximum absolute atomic E-state index is 12.4. The number of rotatable bonds is 3. The summed E-state index contributed by atoms with van der Waals surface area (Å²) in [4.78, 5) is 38.2. The third-order valence-electron chi connectivity index (χ3n) is 3.59. The molecular formula is C17H13BrN2O3. The first-order chi connectivity index (χ1) is 11.1. The highest BCUT2D eigenvalue weighted by molar-refractivity contribution is 9.10. The van der Waals surface area contributed by atoms with Crippen molar-refractivity contribution in [3.8, 4) is 0 Å². The number of carbonyl (C=O) groups is 3. The Morgan fingerprint density at radius 1 is 1.04 bits per heavy atom. The molecule has 1 aliphatic heterocycles. The van der Waals surface area contributed by atoms with Crippen LogP contribution in [0.3, 0.4) is 0 Å². The molecule has 5 nitrogen and oxygen atoms in total. The molecule has 0 saturated carbocycles. The van der Waals surface area contributed by atoms with Crippen LogP contribution in [0.15, 0.2) is 59.1 Å². The average Bonchev–Trinajstić information content (AvgIpc) is 2.85. The number of hydrogen-bond acceptors (Lipinski definition) is 3. The van der Waals surface area contributed by atoms with Crippen LogP contribution >= 0.6 is 15.9 Å². The number of carbonyl (C=O) groups excluding carboxylic acids is 3. The molecule has 0 radical (unpaired) electrons. The summed E-state index contributed by atoms with van der Waals surface area (Å²) in [5.41, 5.74) is 1.15. The summed E-state index contributed by atoms with van der Waals surface area (Å²) in [6.07, 6.45) is 0. The van der Waals surface area contributed by atoms with Gasteiger partial charge in [-0.1, -0.05) is 34.1 Å². The fourth-order valence-corrected chi connectivity index (χ4v) is 2.72. The Bertz CT molecular complexity index is 759. The van der Waals surface area contributed by atoms with Gasteiger partial charge < -0.3 is 10.2 Å². The van der Waals surface area contributed by atoms with Gasteiger partial charge >= 0.3 is 0 Å². The van der Waals surface area contributed by atoms with Crippen LogP contribution in [-0.2, 0) is 14.4 Å². The van der Waals surface area contributed by atoms with Crippen molar-refractivity contribution in [1.82, 2.24) is 0 Å². The number of nitrogens with one attached hydrogen (secondary N) is 1. The molecule has 0 aliphatic carbocycles. The first kappa shape index (κ1) is 15.4. The molecule has 1 atom stereocenters. The molecule has 1 saturated heterocycles. The highest BCUT2D eigenvalue weighted by Gasteiger charge is 2.44. The third kappa shape index (κ3) is 3.17. The summed E-state index contributed by atoms with van der Waals surface area (Å²) in [5, 5.41) is 2.62. The van der Waals surface area contributed by atoms with Crippen LogP contribution in [0.4, 0.5) is 11.4 Å². The van der Waals surface area contributed by atoms with E-state index in [0.717, 1.165) is 4.47 Å². The lowest BCUT2D eigenvalue weighted by Gasteiger charge is -2.15. The van der Waals surface area contributed by atoms with Crippen LogP contribution in [0.5, 0.6) is 0 Å². The molecule has 0 bridgehead atoms. The smallest absolute Gasteiger partial charge is 0.247 e. The van der Waals surface area contributed by atoms with Crippen molar-refractivity contribution >= 4 is 44.9 Å². The number of nitrogens with zero attached hydrogens (tertiary/aromatic N) is 1. The molecule has 1 heterocycles. The Balaban J connectivity index is 1.77. The lowest BCUT2D eigenvalue weighted by atomic mass is 10.1. The number of hydrogen-bond donors (Lipinski definition) is 1. The number of Topliss-reactive ketones (excluding diaryl/α,β-unsaturated/α-hetero) is 1. The van der Waals surface area contributed by atoms with Gasteiger partial charge in [0.25, 0.3) is 0 Å². The van der Waals surface area contributed by atoms with E-state index in [9.17, 15) is 14.4 Å². The normalized spacial score (nSPS) is 17.4. The number of ketones is 1. The molecule has 1 fully saturated rings. The van der Waals surface area contributed by atoms with Crippen LogP contribution in [0.25, 0.3) is 0 Å². The number of para-hydroxylation sites is 1. The van der Waals surface area contributed by atoms with Gasteiger partial charge in [-0.05, 0) is 36.4 Å². The number of anilines is 2. The Kier molecular flexibility index (Phi) is 4.25. The highest BCUT2D eigenvalue weighted by Crippen LogP contribution is 2.24. The summed E-state index contributed by atoms with van der Waals surface area (Å²) in [7, 11) is 0. The summed E-state index contributed by atoms with van der Waals surface area (Å²) in [5.74, 6) is -2.77. The maximum Gasteiger partial charge on any atom is 0.247 e. The van der Waals surface area contributed by atoms with Gasteiger partial charge in [-0.25, -0.2) is 0 Å². The molecule has 2 amide bonds. The molecule has 3 rings (SSSR count). The fourth-order valence-electron chi connectivity index (χ4n) is 2.45. The van der Waals surface area contributed by atoms with E-state index in [4.69, 9.17) is 0 Å². The largest absolute Gasteiger partial charge is 0.325 e. The standard InChI is InChI=1S/C17H13BrN2O3/c18-11-6-8-12(9-7-11)19-16(22)15-14(21)10-20(17(15)23)13-4-2-1-3-5-13/h1-9,15H,10H2,(H,19,22)/t15-/m0/s1. The monoisotopic (exact) mass is 372 g/mol. The topological polar surface area (TPSA) is 66.5 Å². The van der Waals surface area contributed by atoms with E-state index >= 15 is 0 Å². The van der Waals surface area contributed by atoms with Gasteiger partial charge in [0.1, 0.15) is 0 Å². The van der Waals surface area contributed by atoms with Gasteiger partial charge in [0, 0.05) is 15.8 Å². The second-order valence-electron chi connectivity index (χ2n) is 5.16. The Hall–Kier alpha value is -2.47. The molecule has 1 aliphatic rings. The first-order valence-corrected chi connectivity index (χ1v) is 7.81. The molecule has 23 heavy (non-hydrogen) atoms. The van der Waals surface area contributed by atoms with Crippen LogP contribution in [0, 0.1) is 5.92 Å². The first-order valence-electron chi connectivity index (χ1n) is 7.02. The SMILES string of the molecule is O=C1CN(c2ccccc2)C(=O)[C@@H]1C(=O)Nc1ccc(Br)cc1. The highest BCUT2D eigenvalue weighted by atomic mass is 79.9. The summed E-state index contributed by atoms with van der Waals surface area (Å²) >= 11 is 3.30. The molecule has 0 unspecified atom stereocenters. The number of halogens is 1. The molecule has 116 valence electrons. The van der Waals surface area contributed by atoms with Crippen molar-refractivity contribution in [2.24, 2.45) is 5.92 Å². The zero-order valence-electron chi connectivity index (χ0n) is 12.0. The minimum Gasteiger partial charge on any atom is -0.325 e. The van der Waals surface area contributed by atoms with Gasteiger partial charge in [-0.2, -0.15) is 0 Å². The van der Waals surface area contributed by atoms with Gasteiger partial charge in [0.2, 0.25) is 11.8 Å². The fraction of sp³-hybridized carbons (Fsp3) is 0.118. The Morgan fingerprint density at radius 3 is 2.35 bits per heavy atom. The van der Waals surface area contributed by atoms with Crippen molar-refractivity contribution < 1.29 is 14.4 Å². The summed E-state index contributed by atoms with van der Waals surface area (Å²) in [6, 6.07) is 15.8. The predicted octanol–water partition coefficient (Wildman–Crippen LogP) is 2.62. The quantitative estimate of drug-likeness (QED) is 0.842. The minimum atomic E-state index is -1.29. The van der Waals surface area contributed by atoms with Crippen molar-refractivity contribution in [2.45, 2.75) is 0 Å². The van der Waals surface area contributed by atoms with E-state index < -0.39 is 23.5 Å². The maximum atomic E-state index is 12.4. The molecule has 1 N–H and O–H groups in total. The van der Waals surface area contributed by atoms with Gasteiger partial charge in [-0.3, -0.25) is 14.4 Å². The number of benzene rings is 2. The number of amides is 2. The van der Waals surface area contributed by atoms with Crippen LogP contribution in [0.2, 0.25) is 0 Å². The lowest BCUT2D eigenvalue weighted by molar-refractivity contribution is -0.134. The predicted molar refractivity (Wildman–Crippen MR) is 90.1 cm³/mol. The molecule has 6 heteroatoms. The molecule has 0 spiro atoms. The summed E-state index contributed by atoms with van der Waals surface area (Å²) in [6.45, 7) is -0.0821. The van der Waals surface area contributed by atoms with E-state index in [1.54, 1.807) is 48.5 Å². The second-order valence-corrected chi connectivity index (χ2v) is 6.07. The van der Waals surface area contributed by atoms with Crippen molar-refractivity contribution in [1.29, 1.82) is 0 Å². The van der Waals surface area contributed by atoms with Gasteiger partial charge in [0.05, 0.1) is 6.54 Å².